The summed E-state index contributed by atoms with van der Waals surface area (Å²) >= 11 is 0. The number of amidine groups is 1. The molecule has 0 saturated carbocycles. The summed E-state index contributed by atoms with van der Waals surface area (Å²) in [7, 11) is 1.85. The molecule has 1 saturated heterocycles. The molecular weight excluding hydrogens is 364 g/mol. The third-order valence-corrected chi connectivity index (χ3v) is 5.99. The first-order chi connectivity index (χ1) is 14.7. The Balaban J connectivity index is 0. The van der Waals surface area contributed by atoms with Crippen LogP contribution in [-0.2, 0) is 0 Å². The standard InChI is InChI=1S/C19H40.C7H14N2.C2H6/c1-3-5-7-9-11-13-15-17-19-18-16-14-12-10-8-6-4-2;1-6-3-4-9-7(5-6)8-2;1-2/h3-19H2,1-2H3;6H,3-5H2,1-2H3,(H,8,9);1-2H3. The van der Waals surface area contributed by atoms with Crippen LogP contribution in [0.5, 0.6) is 0 Å². The molecule has 2 heteroatoms. The first-order valence-corrected chi connectivity index (χ1v) is 13.9. The molecule has 1 N–H and O–H groups in total. The van der Waals surface area contributed by atoms with Gasteiger partial charge in [-0.15, -0.1) is 0 Å². The van der Waals surface area contributed by atoms with E-state index in [-0.39, 0.29) is 0 Å². The van der Waals surface area contributed by atoms with Crippen LogP contribution in [0.1, 0.15) is 157 Å². The maximum atomic E-state index is 4.10. The summed E-state index contributed by atoms with van der Waals surface area (Å²) in [6, 6.07) is 0. The van der Waals surface area contributed by atoms with Gasteiger partial charge in [0.05, 0.1) is 5.84 Å². The normalized spacial score (nSPS) is 16.9. The molecule has 1 unspecified atom stereocenters. The van der Waals surface area contributed by atoms with Crippen LogP contribution in [0.25, 0.3) is 0 Å². The third-order valence-electron chi connectivity index (χ3n) is 5.99. The molecule has 30 heavy (non-hydrogen) atoms. The van der Waals surface area contributed by atoms with Gasteiger partial charge in [-0.05, 0) is 12.3 Å². The highest BCUT2D eigenvalue weighted by atomic mass is 15.0. The zero-order valence-electron chi connectivity index (χ0n) is 22.2. The van der Waals surface area contributed by atoms with Crippen LogP contribution in [0, 0.1) is 5.92 Å². The Morgan fingerprint density at radius 1 is 0.667 bits per heavy atom. The molecule has 0 aromatic carbocycles. The topological polar surface area (TPSA) is 24.4 Å². The van der Waals surface area contributed by atoms with E-state index >= 15 is 0 Å². The lowest BCUT2D eigenvalue weighted by Gasteiger charge is -2.20. The maximum Gasteiger partial charge on any atom is 0.0962 e. The summed E-state index contributed by atoms with van der Waals surface area (Å²) in [5.74, 6) is 2.00. The predicted octanol–water partition coefficient (Wildman–Crippen LogP) is 9.72. The minimum absolute atomic E-state index is 0.824. The Hall–Kier alpha value is -0.530. The Morgan fingerprint density at radius 2 is 1.00 bits per heavy atom. The van der Waals surface area contributed by atoms with Crippen molar-refractivity contribution in [1.82, 2.24) is 5.32 Å². The number of rotatable bonds is 16. The van der Waals surface area contributed by atoms with E-state index in [1.165, 1.54) is 121 Å². The van der Waals surface area contributed by atoms with Gasteiger partial charge in [0.15, 0.2) is 0 Å². The molecule has 0 aliphatic carbocycles. The van der Waals surface area contributed by atoms with Crippen LogP contribution in [0.15, 0.2) is 4.99 Å². The van der Waals surface area contributed by atoms with Crippen molar-refractivity contribution in [2.75, 3.05) is 13.6 Å². The molecule has 0 aromatic rings. The summed E-state index contributed by atoms with van der Waals surface area (Å²) in [6.07, 6.45) is 27.3. The smallest absolute Gasteiger partial charge is 0.0962 e. The largest absolute Gasteiger partial charge is 0.374 e. The molecule has 182 valence electrons. The Labute approximate surface area is 192 Å². The van der Waals surface area contributed by atoms with E-state index in [0.29, 0.717) is 0 Å². The fourth-order valence-electron chi connectivity index (χ4n) is 3.94. The van der Waals surface area contributed by atoms with E-state index in [2.05, 4.69) is 31.1 Å². The Kier molecular flexibility index (Phi) is 30.0. The van der Waals surface area contributed by atoms with E-state index in [9.17, 15) is 0 Å². The van der Waals surface area contributed by atoms with Gasteiger partial charge >= 0.3 is 0 Å². The van der Waals surface area contributed by atoms with Gasteiger partial charge in [0.1, 0.15) is 0 Å². The van der Waals surface area contributed by atoms with Crippen molar-refractivity contribution in [2.45, 2.75) is 157 Å². The van der Waals surface area contributed by atoms with E-state index in [1.54, 1.807) is 0 Å². The van der Waals surface area contributed by atoms with E-state index in [4.69, 9.17) is 0 Å². The number of unbranched alkanes of at least 4 members (excludes halogenated alkanes) is 16. The summed E-state index contributed by atoms with van der Waals surface area (Å²) in [4.78, 5) is 4.10. The van der Waals surface area contributed by atoms with Crippen molar-refractivity contribution in [3.05, 3.63) is 0 Å². The van der Waals surface area contributed by atoms with E-state index in [1.807, 2.05) is 20.9 Å². The number of hydrogen-bond donors (Lipinski definition) is 1. The zero-order chi connectivity index (χ0) is 22.7. The maximum absolute atomic E-state index is 4.10. The molecule has 1 aliphatic heterocycles. The second-order valence-electron chi connectivity index (χ2n) is 9.00. The summed E-state index contributed by atoms with van der Waals surface area (Å²) in [6.45, 7) is 12.0. The second kappa shape index (κ2) is 28.5. The van der Waals surface area contributed by atoms with Crippen LogP contribution >= 0.6 is 0 Å². The van der Waals surface area contributed by atoms with Crippen molar-refractivity contribution >= 4 is 5.84 Å². The zero-order valence-corrected chi connectivity index (χ0v) is 22.2. The summed E-state index contributed by atoms with van der Waals surface area (Å²) < 4.78 is 0. The van der Waals surface area contributed by atoms with Gasteiger partial charge in [-0.3, -0.25) is 4.99 Å². The first kappa shape index (κ1) is 31.7. The second-order valence-corrected chi connectivity index (χ2v) is 9.00. The molecule has 1 fully saturated rings. The first-order valence-electron chi connectivity index (χ1n) is 13.9. The predicted molar refractivity (Wildman–Crippen MR) is 141 cm³/mol. The van der Waals surface area contributed by atoms with Gasteiger partial charge < -0.3 is 5.32 Å². The van der Waals surface area contributed by atoms with Crippen molar-refractivity contribution in [1.29, 1.82) is 0 Å². The SMILES string of the molecule is CC.CCCCCCCCCCCCCCCCCCC.CN=C1CC(C)CCN1. The van der Waals surface area contributed by atoms with Gasteiger partial charge in [-0.2, -0.15) is 0 Å². The molecule has 0 spiro atoms. The Morgan fingerprint density at radius 3 is 1.23 bits per heavy atom. The lowest BCUT2D eigenvalue weighted by atomic mass is 10.00. The van der Waals surface area contributed by atoms with E-state index < -0.39 is 0 Å². The molecule has 1 atom stereocenters. The minimum atomic E-state index is 0.824. The number of nitrogens with one attached hydrogen (secondary N) is 1. The molecule has 1 rings (SSSR count). The molecule has 1 heterocycles. The van der Waals surface area contributed by atoms with Gasteiger partial charge in [-0.1, -0.05) is 144 Å². The monoisotopic (exact) mass is 424 g/mol. The van der Waals surface area contributed by atoms with Crippen molar-refractivity contribution in [3.8, 4) is 0 Å². The van der Waals surface area contributed by atoms with Gasteiger partial charge in [0.25, 0.3) is 0 Å². The summed E-state index contributed by atoms with van der Waals surface area (Å²) in [5, 5.41) is 3.25. The van der Waals surface area contributed by atoms with Crippen LogP contribution in [0.3, 0.4) is 0 Å². The highest BCUT2D eigenvalue weighted by Crippen LogP contribution is 2.14. The van der Waals surface area contributed by atoms with Crippen molar-refractivity contribution in [2.24, 2.45) is 10.9 Å². The van der Waals surface area contributed by atoms with Crippen LogP contribution in [-0.4, -0.2) is 19.4 Å². The van der Waals surface area contributed by atoms with Crippen LogP contribution < -0.4 is 5.32 Å². The molecular formula is C28H60N2. The lowest BCUT2D eigenvalue weighted by Crippen LogP contribution is -2.32. The average molecular weight is 425 g/mol. The fraction of sp³-hybridized carbons (Fsp3) is 0.964. The van der Waals surface area contributed by atoms with Gasteiger partial charge in [-0.25, -0.2) is 0 Å². The molecule has 0 aromatic heterocycles. The lowest BCUT2D eigenvalue weighted by molar-refractivity contribution is 0.505. The molecule has 2 nitrogen and oxygen atoms in total. The molecule has 0 bridgehead atoms. The Bertz CT molecular complexity index is 309. The molecule has 1 aliphatic rings. The van der Waals surface area contributed by atoms with Crippen molar-refractivity contribution < 1.29 is 0 Å². The van der Waals surface area contributed by atoms with Crippen LogP contribution in [0.2, 0.25) is 0 Å². The van der Waals surface area contributed by atoms with E-state index in [0.717, 1.165) is 18.9 Å². The molecule has 0 radical (unpaired) electrons. The van der Waals surface area contributed by atoms with Gasteiger partial charge in [0, 0.05) is 20.0 Å². The average Bonchev–Trinajstić information content (AvgIpc) is 2.78. The summed E-state index contributed by atoms with van der Waals surface area (Å²) in [5.41, 5.74) is 0. The van der Waals surface area contributed by atoms with Crippen molar-refractivity contribution in [3.63, 3.8) is 0 Å². The number of aliphatic imine (C=N–C) groups is 1. The number of nitrogens with zero attached hydrogens (tertiary/aromatic N) is 1. The molecule has 0 amide bonds. The quantitative estimate of drug-likeness (QED) is 0.245. The highest BCUT2D eigenvalue weighted by Gasteiger charge is 2.11. The minimum Gasteiger partial charge on any atom is -0.374 e. The van der Waals surface area contributed by atoms with Gasteiger partial charge in [0.2, 0.25) is 0 Å². The highest BCUT2D eigenvalue weighted by molar-refractivity contribution is 5.82. The third kappa shape index (κ3) is 25.5. The fourth-order valence-corrected chi connectivity index (χ4v) is 3.94. The number of piperidine rings is 1. The van der Waals surface area contributed by atoms with Crippen LogP contribution in [0.4, 0.5) is 0 Å². The number of hydrogen-bond acceptors (Lipinski definition) is 1.